The molecule has 2 N–H and O–H groups in total. The molecule has 22 heavy (non-hydrogen) atoms. The van der Waals surface area contributed by atoms with Gasteiger partial charge in [-0.3, -0.25) is 0 Å². The first-order valence-corrected chi connectivity index (χ1v) is 7.14. The molecular weight excluding hydrogens is 298 g/mol. The van der Waals surface area contributed by atoms with Gasteiger partial charge in [0.1, 0.15) is 6.07 Å². The van der Waals surface area contributed by atoms with E-state index in [0.717, 1.165) is 5.56 Å². The zero-order valence-electron chi connectivity index (χ0n) is 12.4. The lowest BCUT2D eigenvalue weighted by molar-refractivity contribution is 0.242. The maximum atomic E-state index is 12.2. The van der Waals surface area contributed by atoms with Crippen LogP contribution in [0.5, 0.6) is 0 Å². The highest BCUT2D eigenvalue weighted by atomic mass is 35.5. The number of amides is 2. The molecule has 0 aliphatic heterocycles. The molecule has 2 aromatic rings. The van der Waals surface area contributed by atoms with E-state index < -0.39 is 5.54 Å². The van der Waals surface area contributed by atoms with Crippen LogP contribution < -0.4 is 10.6 Å². The van der Waals surface area contributed by atoms with Gasteiger partial charge in [0.15, 0.2) is 0 Å². The van der Waals surface area contributed by atoms with Crippen LogP contribution in [-0.2, 0) is 5.54 Å². The average molecular weight is 314 g/mol. The minimum atomic E-state index is -0.573. The van der Waals surface area contributed by atoms with Gasteiger partial charge in [0.05, 0.1) is 16.8 Å². The molecular formula is C17H16ClN3O. The average Bonchev–Trinajstić information content (AvgIpc) is 2.47. The first-order chi connectivity index (χ1) is 10.4. The fourth-order valence-electron chi connectivity index (χ4n) is 2.07. The third kappa shape index (κ3) is 3.78. The van der Waals surface area contributed by atoms with Crippen molar-refractivity contribution < 1.29 is 4.79 Å². The molecule has 0 aromatic heterocycles. The quantitative estimate of drug-likeness (QED) is 0.888. The largest absolute Gasteiger partial charge is 0.329 e. The number of nitrogens with zero attached hydrogens (tertiary/aromatic N) is 1. The van der Waals surface area contributed by atoms with E-state index in [0.29, 0.717) is 16.3 Å². The fraction of sp³-hybridized carbons (Fsp3) is 0.176. The second-order valence-electron chi connectivity index (χ2n) is 5.37. The molecule has 0 heterocycles. The molecule has 0 aliphatic rings. The summed E-state index contributed by atoms with van der Waals surface area (Å²) in [6.07, 6.45) is 0. The van der Waals surface area contributed by atoms with E-state index in [1.165, 1.54) is 0 Å². The maximum Gasteiger partial charge on any atom is 0.319 e. The Kier molecular flexibility index (Phi) is 4.69. The molecule has 0 aliphatic carbocycles. The minimum absolute atomic E-state index is 0.373. The van der Waals surface area contributed by atoms with E-state index in [9.17, 15) is 4.79 Å². The van der Waals surface area contributed by atoms with E-state index in [4.69, 9.17) is 16.9 Å². The van der Waals surface area contributed by atoms with Crippen molar-refractivity contribution in [2.45, 2.75) is 19.4 Å². The van der Waals surface area contributed by atoms with Gasteiger partial charge in [0, 0.05) is 5.02 Å². The number of anilines is 1. The number of nitriles is 1. The summed E-state index contributed by atoms with van der Waals surface area (Å²) in [6, 6.07) is 15.8. The molecule has 5 heteroatoms. The minimum Gasteiger partial charge on any atom is -0.329 e. The Hall–Kier alpha value is -2.51. The number of carbonyl (C=O) groups is 1. The normalized spacial score (nSPS) is 10.6. The number of para-hydroxylation sites is 1. The van der Waals surface area contributed by atoms with Crippen LogP contribution in [0.1, 0.15) is 25.0 Å². The summed E-state index contributed by atoms with van der Waals surface area (Å²) in [7, 11) is 0. The van der Waals surface area contributed by atoms with E-state index >= 15 is 0 Å². The number of urea groups is 1. The lowest BCUT2D eigenvalue weighted by Crippen LogP contribution is -2.43. The summed E-state index contributed by atoms with van der Waals surface area (Å²) in [5.74, 6) is 0. The van der Waals surface area contributed by atoms with Crippen molar-refractivity contribution in [1.82, 2.24) is 5.32 Å². The number of nitrogens with one attached hydrogen (secondary N) is 2. The Bertz CT molecular complexity index is 717. The molecule has 112 valence electrons. The number of rotatable bonds is 3. The van der Waals surface area contributed by atoms with Crippen LogP contribution in [0.4, 0.5) is 10.5 Å². The van der Waals surface area contributed by atoms with Gasteiger partial charge in [0.25, 0.3) is 0 Å². The van der Waals surface area contributed by atoms with Crippen LogP contribution in [-0.4, -0.2) is 6.03 Å². The zero-order chi connectivity index (χ0) is 16.2. The molecule has 0 radical (unpaired) electrons. The second-order valence-corrected chi connectivity index (χ2v) is 5.80. The standard InChI is InChI=1S/C17H16ClN3O/c1-17(2,13-7-9-14(18)10-8-13)21-16(22)20-15-6-4-3-5-12(15)11-19/h3-10H,1-2H3,(H2,20,21,22). The summed E-state index contributed by atoms with van der Waals surface area (Å²) < 4.78 is 0. The smallest absolute Gasteiger partial charge is 0.319 e. The van der Waals surface area contributed by atoms with E-state index in [1.54, 1.807) is 36.4 Å². The second kappa shape index (κ2) is 6.50. The molecule has 2 aromatic carbocycles. The number of halogens is 1. The monoisotopic (exact) mass is 313 g/mol. The van der Waals surface area contributed by atoms with Gasteiger partial charge in [0.2, 0.25) is 0 Å². The lowest BCUT2D eigenvalue weighted by Gasteiger charge is -2.27. The molecule has 0 saturated heterocycles. The van der Waals surface area contributed by atoms with Crippen molar-refractivity contribution in [3.8, 4) is 6.07 Å². The number of carbonyl (C=O) groups excluding carboxylic acids is 1. The predicted octanol–water partition coefficient (Wildman–Crippen LogP) is 4.27. The van der Waals surface area contributed by atoms with Gasteiger partial charge >= 0.3 is 6.03 Å². The van der Waals surface area contributed by atoms with Gasteiger partial charge < -0.3 is 10.6 Å². The van der Waals surface area contributed by atoms with E-state index in [-0.39, 0.29) is 6.03 Å². The molecule has 2 amide bonds. The van der Waals surface area contributed by atoms with Gasteiger partial charge in [-0.25, -0.2) is 4.79 Å². The van der Waals surface area contributed by atoms with Gasteiger partial charge in [-0.05, 0) is 43.7 Å². The van der Waals surface area contributed by atoms with Crippen LogP contribution in [0.3, 0.4) is 0 Å². The van der Waals surface area contributed by atoms with Crippen molar-refractivity contribution in [2.75, 3.05) is 5.32 Å². The highest BCUT2D eigenvalue weighted by Crippen LogP contribution is 2.22. The summed E-state index contributed by atoms with van der Waals surface area (Å²) >= 11 is 5.88. The lowest BCUT2D eigenvalue weighted by atomic mass is 9.94. The molecule has 0 unspecified atom stereocenters. The molecule has 0 saturated carbocycles. The molecule has 0 bridgehead atoms. The van der Waals surface area contributed by atoms with Crippen LogP contribution in [0.2, 0.25) is 5.02 Å². The summed E-state index contributed by atoms with van der Waals surface area (Å²) in [6.45, 7) is 3.79. The molecule has 2 rings (SSSR count). The zero-order valence-corrected chi connectivity index (χ0v) is 13.1. The van der Waals surface area contributed by atoms with Crippen molar-refractivity contribution in [3.05, 3.63) is 64.7 Å². The van der Waals surface area contributed by atoms with Crippen LogP contribution in [0.15, 0.2) is 48.5 Å². The van der Waals surface area contributed by atoms with Crippen LogP contribution in [0, 0.1) is 11.3 Å². The molecule has 0 atom stereocenters. The van der Waals surface area contributed by atoms with E-state index in [1.807, 2.05) is 32.0 Å². The number of hydrogen-bond donors (Lipinski definition) is 2. The Balaban J connectivity index is 2.11. The maximum absolute atomic E-state index is 12.2. The van der Waals surface area contributed by atoms with Gasteiger partial charge in [-0.15, -0.1) is 0 Å². The van der Waals surface area contributed by atoms with Crippen LogP contribution in [0.25, 0.3) is 0 Å². The number of hydrogen-bond acceptors (Lipinski definition) is 2. The topological polar surface area (TPSA) is 64.9 Å². The summed E-state index contributed by atoms with van der Waals surface area (Å²) in [5.41, 5.74) is 1.26. The Morgan fingerprint density at radius 2 is 1.77 bits per heavy atom. The highest BCUT2D eigenvalue weighted by molar-refractivity contribution is 6.30. The Morgan fingerprint density at radius 3 is 2.41 bits per heavy atom. The van der Waals surface area contributed by atoms with Crippen molar-refractivity contribution in [2.24, 2.45) is 0 Å². The first kappa shape index (κ1) is 15.9. The van der Waals surface area contributed by atoms with Crippen molar-refractivity contribution in [3.63, 3.8) is 0 Å². The first-order valence-electron chi connectivity index (χ1n) is 6.77. The molecule has 0 fully saturated rings. The van der Waals surface area contributed by atoms with Gasteiger partial charge in [-0.1, -0.05) is 35.9 Å². The third-order valence-electron chi connectivity index (χ3n) is 3.29. The third-order valence-corrected chi connectivity index (χ3v) is 3.54. The fourth-order valence-corrected chi connectivity index (χ4v) is 2.19. The summed E-state index contributed by atoms with van der Waals surface area (Å²) in [5, 5.41) is 15.3. The number of benzene rings is 2. The predicted molar refractivity (Wildman–Crippen MR) is 87.8 cm³/mol. The van der Waals surface area contributed by atoms with Crippen LogP contribution >= 0.6 is 11.6 Å². The Labute approximate surface area is 134 Å². The highest BCUT2D eigenvalue weighted by Gasteiger charge is 2.23. The SMILES string of the molecule is CC(C)(NC(=O)Nc1ccccc1C#N)c1ccc(Cl)cc1. The van der Waals surface area contributed by atoms with Gasteiger partial charge in [-0.2, -0.15) is 5.26 Å². The van der Waals surface area contributed by atoms with Crippen molar-refractivity contribution in [1.29, 1.82) is 5.26 Å². The molecule has 4 nitrogen and oxygen atoms in total. The van der Waals surface area contributed by atoms with E-state index in [2.05, 4.69) is 10.6 Å². The van der Waals surface area contributed by atoms with Crippen molar-refractivity contribution >= 4 is 23.3 Å². The molecule has 0 spiro atoms. The summed E-state index contributed by atoms with van der Waals surface area (Å²) in [4.78, 5) is 12.2. The Morgan fingerprint density at radius 1 is 1.14 bits per heavy atom.